The summed E-state index contributed by atoms with van der Waals surface area (Å²) in [5.74, 6) is 0.973. The summed E-state index contributed by atoms with van der Waals surface area (Å²) in [5, 5.41) is 5.69. The normalized spacial score (nSPS) is 17.1. The van der Waals surface area contributed by atoms with Crippen LogP contribution in [-0.4, -0.2) is 54.8 Å². The van der Waals surface area contributed by atoms with Gasteiger partial charge < -0.3 is 15.5 Å². The van der Waals surface area contributed by atoms with Crippen LogP contribution in [0.4, 0.5) is 16.4 Å². The first-order chi connectivity index (χ1) is 14.9. The van der Waals surface area contributed by atoms with Crippen LogP contribution in [-0.2, 0) is 15.6 Å². The maximum Gasteiger partial charge on any atom is 0.319 e. The van der Waals surface area contributed by atoms with Crippen molar-refractivity contribution in [2.45, 2.75) is 50.3 Å². The third-order valence-electron chi connectivity index (χ3n) is 5.26. The van der Waals surface area contributed by atoms with Gasteiger partial charge in [-0.1, -0.05) is 12.8 Å². The first kappa shape index (κ1) is 21.5. The van der Waals surface area contributed by atoms with Crippen LogP contribution in [0, 0.1) is 0 Å². The second kappa shape index (κ2) is 9.17. The van der Waals surface area contributed by atoms with E-state index >= 15 is 0 Å². The summed E-state index contributed by atoms with van der Waals surface area (Å²) < 4.78 is 23.7. The third kappa shape index (κ3) is 6.36. The van der Waals surface area contributed by atoms with Gasteiger partial charge in [0.2, 0.25) is 5.95 Å². The fourth-order valence-electron chi connectivity index (χ4n) is 3.53. The molecule has 2 heterocycles. The van der Waals surface area contributed by atoms with Gasteiger partial charge in [-0.05, 0) is 49.9 Å². The molecule has 31 heavy (non-hydrogen) atoms. The van der Waals surface area contributed by atoms with Crippen molar-refractivity contribution in [1.82, 2.24) is 20.3 Å². The Hall–Kier alpha value is -2.75. The van der Waals surface area contributed by atoms with Crippen LogP contribution in [0.25, 0.3) is 11.4 Å². The molecule has 2 N–H and O–H groups in total. The van der Waals surface area contributed by atoms with E-state index in [1.54, 1.807) is 12.1 Å². The predicted molar refractivity (Wildman–Crippen MR) is 120 cm³/mol. The number of anilines is 2. The average molecular weight is 445 g/mol. The van der Waals surface area contributed by atoms with Crippen molar-refractivity contribution < 1.29 is 13.2 Å². The van der Waals surface area contributed by atoms with Gasteiger partial charge in [0.1, 0.15) is 11.6 Å². The number of sulfone groups is 1. The lowest BCUT2D eigenvalue weighted by Gasteiger charge is -2.21. The fourth-order valence-corrected chi connectivity index (χ4v) is 4.13. The minimum atomic E-state index is -3.28. The molecular formula is C21H28N6O3S. The van der Waals surface area contributed by atoms with Crippen LogP contribution in [0.3, 0.4) is 0 Å². The number of carbonyl (C=O) groups is 1. The molecule has 0 spiro atoms. The molecule has 166 valence electrons. The van der Waals surface area contributed by atoms with E-state index in [2.05, 4.69) is 30.5 Å². The lowest BCUT2D eigenvalue weighted by molar-refractivity contribution is 0.251. The molecule has 0 unspecified atom stereocenters. The number of aromatic nitrogens is 3. The van der Waals surface area contributed by atoms with Crippen molar-refractivity contribution in [3.8, 4) is 11.4 Å². The number of benzene rings is 1. The van der Waals surface area contributed by atoms with E-state index in [-0.39, 0.29) is 23.7 Å². The lowest BCUT2D eigenvalue weighted by atomic mass is 10.2. The van der Waals surface area contributed by atoms with Crippen LogP contribution < -0.4 is 15.5 Å². The van der Waals surface area contributed by atoms with Gasteiger partial charge in [-0.15, -0.1) is 0 Å². The van der Waals surface area contributed by atoms with Crippen molar-refractivity contribution in [3.63, 3.8) is 0 Å². The summed E-state index contributed by atoms with van der Waals surface area (Å²) >= 11 is 0. The highest BCUT2D eigenvalue weighted by molar-refractivity contribution is 7.89. The van der Waals surface area contributed by atoms with Crippen molar-refractivity contribution in [2.75, 3.05) is 29.6 Å². The second-order valence-electron chi connectivity index (χ2n) is 8.30. The number of hydrogen-bond acceptors (Lipinski definition) is 7. The average Bonchev–Trinajstić information content (AvgIpc) is 3.54. The minimum Gasteiger partial charge on any atom is -0.341 e. The topological polar surface area (TPSA) is 117 Å². The maximum absolute atomic E-state index is 11.9. The zero-order chi connectivity index (χ0) is 21.8. The summed E-state index contributed by atoms with van der Waals surface area (Å²) in [6.07, 6.45) is 7.70. The third-order valence-corrected chi connectivity index (χ3v) is 6.05. The number of amides is 2. The highest BCUT2D eigenvalue weighted by atomic mass is 32.2. The van der Waals surface area contributed by atoms with Crippen molar-refractivity contribution in [3.05, 3.63) is 30.1 Å². The van der Waals surface area contributed by atoms with Crippen molar-refractivity contribution in [1.29, 1.82) is 0 Å². The zero-order valence-electron chi connectivity index (χ0n) is 17.7. The smallest absolute Gasteiger partial charge is 0.319 e. The molecule has 1 aromatic heterocycles. The Labute approximate surface area is 182 Å². The SMILES string of the molecule is CS(=O)(=O)Cc1nc(-c2ccc(NC(=O)NC3CC3)cc2)nc(N2CCCCCC2)n1. The van der Waals surface area contributed by atoms with Gasteiger partial charge >= 0.3 is 6.03 Å². The molecule has 1 aromatic carbocycles. The highest BCUT2D eigenvalue weighted by Crippen LogP contribution is 2.23. The summed E-state index contributed by atoms with van der Waals surface area (Å²) in [6.45, 7) is 1.70. The first-order valence-corrected chi connectivity index (χ1v) is 12.8. The Kier molecular flexibility index (Phi) is 6.35. The second-order valence-corrected chi connectivity index (χ2v) is 10.4. The number of nitrogens with one attached hydrogen (secondary N) is 2. The molecule has 2 fully saturated rings. The fraction of sp³-hybridized carbons (Fsp3) is 0.524. The minimum absolute atomic E-state index is 0.214. The number of urea groups is 1. The predicted octanol–water partition coefficient (Wildman–Crippen LogP) is 2.75. The summed E-state index contributed by atoms with van der Waals surface area (Å²) in [5.41, 5.74) is 1.40. The molecule has 1 saturated heterocycles. The summed E-state index contributed by atoms with van der Waals surface area (Å²) in [4.78, 5) is 27.6. The Morgan fingerprint density at radius 1 is 1.03 bits per heavy atom. The van der Waals surface area contributed by atoms with Crippen LogP contribution in [0.5, 0.6) is 0 Å². The molecule has 0 bridgehead atoms. The first-order valence-electron chi connectivity index (χ1n) is 10.7. The van der Waals surface area contributed by atoms with Gasteiger partial charge in [0.25, 0.3) is 0 Å². The molecule has 4 rings (SSSR count). The molecule has 2 aliphatic rings. The van der Waals surface area contributed by atoms with Crippen LogP contribution >= 0.6 is 0 Å². The van der Waals surface area contributed by atoms with E-state index in [0.717, 1.165) is 44.3 Å². The molecule has 9 nitrogen and oxygen atoms in total. The number of hydrogen-bond donors (Lipinski definition) is 2. The number of carbonyl (C=O) groups excluding carboxylic acids is 1. The van der Waals surface area contributed by atoms with Gasteiger partial charge in [0.15, 0.2) is 15.7 Å². The molecule has 0 atom stereocenters. The van der Waals surface area contributed by atoms with Gasteiger partial charge in [-0.2, -0.15) is 9.97 Å². The summed E-state index contributed by atoms with van der Waals surface area (Å²) in [6, 6.07) is 7.28. The molecule has 1 aliphatic carbocycles. The van der Waals surface area contributed by atoms with Gasteiger partial charge in [-0.25, -0.2) is 18.2 Å². The quantitative estimate of drug-likeness (QED) is 0.703. The van der Waals surface area contributed by atoms with E-state index in [9.17, 15) is 13.2 Å². The molecule has 0 radical (unpaired) electrons. The highest BCUT2D eigenvalue weighted by Gasteiger charge is 2.23. The van der Waals surface area contributed by atoms with Crippen molar-refractivity contribution in [2.24, 2.45) is 0 Å². The largest absolute Gasteiger partial charge is 0.341 e. The molecule has 1 saturated carbocycles. The van der Waals surface area contributed by atoms with E-state index < -0.39 is 9.84 Å². The number of nitrogens with zero attached hydrogens (tertiary/aromatic N) is 4. The van der Waals surface area contributed by atoms with Crippen LogP contribution in [0.2, 0.25) is 0 Å². The van der Waals surface area contributed by atoms with E-state index in [0.29, 0.717) is 17.5 Å². The van der Waals surface area contributed by atoms with Gasteiger partial charge in [-0.3, -0.25) is 0 Å². The standard InChI is InChI=1S/C21H28N6O3S/c1-31(29,30)14-18-24-19(26-20(25-18)27-12-4-2-3-5-13-27)15-6-8-16(9-7-15)22-21(28)23-17-10-11-17/h6-9,17H,2-5,10-14H2,1H3,(H2,22,23,28). The van der Waals surface area contributed by atoms with Crippen LogP contribution in [0.15, 0.2) is 24.3 Å². The van der Waals surface area contributed by atoms with E-state index in [1.165, 1.54) is 19.1 Å². The molecule has 10 heteroatoms. The van der Waals surface area contributed by atoms with E-state index in [1.807, 2.05) is 12.1 Å². The number of rotatable bonds is 6. The Balaban J connectivity index is 1.58. The summed E-state index contributed by atoms with van der Waals surface area (Å²) in [7, 11) is -3.28. The lowest BCUT2D eigenvalue weighted by Crippen LogP contribution is -2.30. The van der Waals surface area contributed by atoms with Gasteiger partial charge in [0.05, 0.1) is 0 Å². The van der Waals surface area contributed by atoms with Gasteiger partial charge in [0, 0.05) is 36.6 Å². The molecular weight excluding hydrogens is 416 g/mol. The maximum atomic E-state index is 11.9. The Morgan fingerprint density at radius 2 is 1.71 bits per heavy atom. The molecule has 1 aliphatic heterocycles. The zero-order valence-corrected chi connectivity index (χ0v) is 18.5. The Morgan fingerprint density at radius 3 is 2.32 bits per heavy atom. The molecule has 2 aromatic rings. The van der Waals surface area contributed by atoms with Crippen LogP contribution in [0.1, 0.15) is 44.3 Å². The van der Waals surface area contributed by atoms with Crippen molar-refractivity contribution >= 4 is 27.5 Å². The monoisotopic (exact) mass is 444 g/mol. The molecule has 2 amide bonds. The Bertz CT molecular complexity index is 1030. The van der Waals surface area contributed by atoms with E-state index in [4.69, 9.17) is 0 Å².